The van der Waals surface area contributed by atoms with Gasteiger partial charge in [0.25, 0.3) is 6.02 Å². The van der Waals surface area contributed by atoms with Gasteiger partial charge in [0.15, 0.2) is 5.60 Å². The van der Waals surface area contributed by atoms with E-state index in [-0.39, 0.29) is 0 Å². The summed E-state index contributed by atoms with van der Waals surface area (Å²) >= 11 is 0. The first kappa shape index (κ1) is 18.2. The van der Waals surface area contributed by atoms with Crippen LogP contribution in [0.25, 0.3) is 0 Å². The molecule has 2 aliphatic heterocycles. The van der Waals surface area contributed by atoms with Crippen LogP contribution >= 0.6 is 0 Å². The average Bonchev–Trinajstić information content (AvgIpc) is 3.09. The Morgan fingerprint density at radius 2 is 2.24 bits per heavy atom. The average molecular weight is 349 g/mol. The number of nitrogens with zero attached hydrogens (tertiary/aromatic N) is 5. The molecule has 0 unspecified atom stereocenters. The number of likely N-dealkylation sites (tertiary alicyclic amines) is 1. The summed E-state index contributed by atoms with van der Waals surface area (Å²) in [6.07, 6.45) is 4.03. The van der Waals surface area contributed by atoms with Crippen LogP contribution in [-0.2, 0) is 18.3 Å². The van der Waals surface area contributed by atoms with Crippen molar-refractivity contribution in [3.63, 3.8) is 0 Å². The van der Waals surface area contributed by atoms with Crippen molar-refractivity contribution in [1.82, 2.24) is 19.4 Å². The van der Waals surface area contributed by atoms with Gasteiger partial charge in [0.2, 0.25) is 0 Å². The zero-order valence-corrected chi connectivity index (χ0v) is 15.9. The van der Waals surface area contributed by atoms with Crippen molar-refractivity contribution < 1.29 is 9.84 Å². The Bertz CT molecular complexity index is 614. The van der Waals surface area contributed by atoms with Crippen LogP contribution in [0.5, 0.6) is 0 Å². The van der Waals surface area contributed by atoms with E-state index in [9.17, 15) is 5.11 Å². The summed E-state index contributed by atoms with van der Waals surface area (Å²) < 4.78 is 8.34. The first-order valence-electron chi connectivity index (χ1n) is 9.28. The number of rotatable bonds is 5. The fourth-order valence-corrected chi connectivity index (χ4v) is 3.79. The Morgan fingerprint density at radius 1 is 1.44 bits per heavy atom. The summed E-state index contributed by atoms with van der Waals surface area (Å²) in [5, 5.41) is 10.7. The predicted molar refractivity (Wildman–Crippen MR) is 97.3 cm³/mol. The van der Waals surface area contributed by atoms with E-state index in [2.05, 4.69) is 33.6 Å². The molecule has 1 spiro atoms. The van der Waals surface area contributed by atoms with E-state index < -0.39 is 11.7 Å². The van der Waals surface area contributed by atoms with E-state index in [1.54, 1.807) is 0 Å². The minimum absolute atomic E-state index is 0.468. The van der Waals surface area contributed by atoms with Gasteiger partial charge in [0.1, 0.15) is 5.82 Å². The van der Waals surface area contributed by atoms with Crippen LogP contribution in [0, 0.1) is 5.92 Å². The molecule has 0 saturated carbocycles. The number of aliphatic imine (C=N–C) groups is 1. The molecule has 2 fully saturated rings. The fourth-order valence-electron chi connectivity index (χ4n) is 3.79. The lowest BCUT2D eigenvalue weighted by molar-refractivity contribution is -0.0961. The number of ether oxygens (including phenoxy) is 1. The minimum Gasteiger partial charge on any atom is -0.452 e. The Kier molecular flexibility index (Phi) is 5.34. The highest BCUT2D eigenvalue weighted by Crippen LogP contribution is 2.33. The first-order valence-corrected chi connectivity index (χ1v) is 9.28. The summed E-state index contributed by atoms with van der Waals surface area (Å²) in [7, 11) is 2.01. The van der Waals surface area contributed by atoms with Gasteiger partial charge in [0, 0.05) is 45.6 Å². The van der Waals surface area contributed by atoms with Crippen molar-refractivity contribution >= 4 is 6.02 Å². The summed E-state index contributed by atoms with van der Waals surface area (Å²) in [5.41, 5.74) is -0.591. The molecule has 2 saturated heterocycles. The third-order valence-corrected chi connectivity index (χ3v) is 5.01. The number of amidine groups is 1. The summed E-state index contributed by atoms with van der Waals surface area (Å²) in [6, 6.07) is 0.689. The molecule has 1 aromatic rings. The van der Waals surface area contributed by atoms with Crippen molar-refractivity contribution in [2.45, 2.75) is 45.4 Å². The van der Waals surface area contributed by atoms with Gasteiger partial charge in [-0.2, -0.15) is 0 Å². The zero-order valence-electron chi connectivity index (χ0n) is 15.9. The largest absolute Gasteiger partial charge is 0.452 e. The normalized spacial score (nSPS) is 29.1. The Morgan fingerprint density at radius 3 is 2.88 bits per heavy atom. The molecule has 0 aromatic carbocycles. The lowest BCUT2D eigenvalue weighted by atomic mass is 9.89. The van der Waals surface area contributed by atoms with Crippen LogP contribution in [0.4, 0.5) is 0 Å². The van der Waals surface area contributed by atoms with Gasteiger partial charge in [-0.05, 0) is 19.3 Å². The number of aliphatic hydroxyl groups excluding tert-OH is 1. The lowest BCUT2D eigenvalue weighted by Crippen LogP contribution is -2.59. The number of piperidine rings is 1. The summed E-state index contributed by atoms with van der Waals surface area (Å²) in [4.78, 5) is 13.5. The molecule has 3 heterocycles. The van der Waals surface area contributed by atoms with Crippen LogP contribution in [0.1, 0.15) is 33.0 Å². The molecule has 2 atom stereocenters. The van der Waals surface area contributed by atoms with Crippen LogP contribution < -0.4 is 0 Å². The maximum Gasteiger partial charge on any atom is 0.288 e. The molecule has 0 bridgehead atoms. The number of aryl methyl sites for hydroxylation is 1. The van der Waals surface area contributed by atoms with Crippen LogP contribution in [0.3, 0.4) is 0 Å². The molecular formula is C18H31N5O2. The van der Waals surface area contributed by atoms with Crippen molar-refractivity contribution in [3.8, 4) is 0 Å². The molecule has 0 radical (unpaired) electrons. The van der Waals surface area contributed by atoms with Gasteiger partial charge in [-0.25, -0.2) is 9.98 Å². The number of imidazole rings is 1. The van der Waals surface area contributed by atoms with Gasteiger partial charge in [-0.3, -0.25) is 4.90 Å². The maximum atomic E-state index is 10.7. The molecule has 0 aliphatic carbocycles. The molecule has 2 aliphatic rings. The third-order valence-electron chi connectivity index (χ3n) is 5.01. The molecule has 7 nitrogen and oxygen atoms in total. The van der Waals surface area contributed by atoms with Crippen LogP contribution in [-0.4, -0.2) is 74.9 Å². The van der Waals surface area contributed by atoms with Gasteiger partial charge >= 0.3 is 0 Å². The van der Waals surface area contributed by atoms with Gasteiger partial charge in [0.05, 0.1) is 19.2 Å². The maximum absolute atomic E-state index is 10.7. The number of hydrogen-bond donors (Lipinski definition) is 1. The molecule has 25 heavy (non-hydrogen) atoms. The van der Waals surface area contributed by atoms with Crippen LogP contribution in [0.15, 0.2) is 17.4 Å². The predicted octanol–water partition coefficient (Wildman–Crippen LogP) is 1.09. The second-order valence-electron chi connectivity index (χ2n) is 7.67. The van der Waals surface area contributed by atoms with Crippen molar-refractivity contribution in [1.29, 1.82) is 0 Å². The summed E-state index contributed by atoms with van der Waals surface area (Å²) in [6.45, 7) is 11.0. The van der Waals surface area contributed by atoms with E-state index in [1.165, 1.54) is 0 Å². The minimum atomic E-state index is -0.591. The lowest BCUT2D eigenvalue weighted by Gasteiger charge is -2.42. The quantitative estimate of drug-likeness (QED) is 0.862. The van der Waals surface area contributed by atoms with E-state index in [4.69, 9.17) is 4.74 Å². The van der Waals surface area contributed by atoms with E-state index >= 15 is 0 Å². The van der Waals surface area contributed by atoms with Crippen molar-refractivity contribution in [2.75, 3.05) is 32.7 Å². The second-order valence-corrected chi connectivity index (χ2v) is 7.67. The van der Waals surface area contributed by atoms with E-state index in [0.717, 1.165) is 25.5 Å². The monoisotopic (exact) mass is 349 g/mol. The van der Waals surface area contributed by atoms with E-state index in [1.807, 2.05) is 30.9 Å². The number of aliphatic hydroxyl groups is 1. The Labute approximate surface area is 150 Å². The molecule has 1 N–H and O–H groups in total. The highest BCUT2D eigenvalue weighted by Gasteiger charge is 2.52. The molecular weight excluding hydrogens is 318 g/mol. The topological polar surface area (TPSA) is 66.1 Å². The standard InChI is InChI=1S/C18H31N5O2/c1-5-19-17-23(10-14(2)3)13-18(25-17)12-22(8-6-15(18)24)11-16-20-7-9-21(16)4/h7,9,14-15,24H,5-6,8,10-13H2,1-4H3/t15-,18+/m0/s1. The molecule has 140 valence electrons. The number of hydrogen-bond acceptors (Lipinski definition) is 5. The Balaban J connectivity index is 1.76. The molecule has 1 aromatic heterocycles. The highest BCUT2D eigenvalue weighted by molar-refractivity contribution is 5.76. The second kappa shape index (κ2) is 7.33. The molecule has 3 rings (SSSR count). The summed E-state index contributed by atoms with van der Waals surface area (Å²) in [5.74, 6) is 1.55. The zero-order chi connectivity index (χ0) is 18.0. The first-order chi connectivity index (χ1) is 11.9. The van der Waals surface area contributed by atoms with Gasteiger partial charge in [-0.1, -0.05) is 13.8 Å². The fraction of sp³-hybridized carbons (Fsp3) is 0.778. The van der Waals surface area contributed by atoms with Crippen LogP contribution in [0.2, 0.25) is 0 Å². The van der Waals surface area contributed by atoms with Gasteiger partial charge in [-0.15, -0.1) is 0 Å². The highest BCUT2D eigenvalue weighted by atomic mass is 16.6. The van der Waals surface area contributed by atoms with Crippen molar-refractivity contribution in [2.24, 2.45) is 18.0 Å². The molecule has 7 heteroatoms. The smallest absolute Gasteiger partial charge is 0.288 e. The van der Waals surface area contributed by atoms with Crippen molar-refractivity contribution in [3.05, 3.63) is 18.2 Å². The van der Waals surface area contributed by atoms with E-state index in [0.29, 0.717) is 38.0 Å². The number of aromatic nitrogens is 2. The molecule has 0 amide bonds. The SMILES string of the molecule is CCN=C1O[C@]2(CN(Cc3nccn3C)CC[C@@H]2O)CN1CC(C)C. The Hall–Kier alpha value is -1.60. The third kappa shape index (κ3) is 3.82. The van der Waals surface area contributed by atoms with Gasteiger partial charge < -0.3 is 19.3 Å².